The summed E-state index contributed by atoms with van der Waals surface area (Å²) in [5, 5.41) is 5.97. The van der Waals surface area contributed by atoms with Gasteiger partial charge in [0.25, 0.3) is 0 Å². The first-order valence-corrected chi connectivity index (χ1v) is 6.58. The fourth-order valence-corrected chi connectivity index (χ4v) is 2.55. The molecule has 1 aliphatic rings. The molecule has 0 aromatic heterocycles. The van der Waals surface area contributed by atoms with Gasteiger partial charge < -0.3 is 10.6 Å². The summed E-state index contributed by atoms with van der Waals surface area (Å²) in [6.45, 7) is 5.46. The highest BCUT2D eigenvalue weighted by Crippen LogP contribution is 2.42. The van der Waals surface area contributed by atoms with Crippen LogP contribution >= 0.6 is 11.8 Å². The van der Waals surface area contributed by atoms with E-state index in [1.807, 2.05) is 11.8 Å². The van der Waals surface area contributed by atoms with E-state index < -0.39 is 0 Å². The second-order valence-electron chi connectivity index (χ2n) is 3.94. The van der Waals surface area contributed by atoms with E-state index in [1.54, 1.807) is 6.08 Å². The maximum atomic E-state index is 11.4. The lowest BCUT2D eigenvalue weighted by Gasteiger charge is -2.40. The highest BCUT2D eigenvalue weighted by atomic mass is 32.2. The van der Waals surface area contributed by atoms with Crippen LogP contribution in [0.15, 0.2) is 12.7 Å². The van der Waals surface area contributed by atoms with Crippen LogP contribution < -0.4 is 10.6 Å². The van der Waals surface area contributed by atoms with Crippen LogP contribution in [0.1, 0.15) is 19.3 Å². The van der Waals surface area contributed by atoms with Gasteiger partial charge in [0.05, 0.1) is 6.54 Å². The Kier molecular flexibility index (Phi) is 5.19. The Morgan fingerprint density at radius 3 is 2.80 bits per heavy atom. The number of hydrogen-bond acceptors (Lipinski definition) is 3. The molecular formula is C11H20N2OS. The molecule has 1 amide bonds. The van der Waals surface area contributed by atoms with Crippen LogP contribution in [0.25, 0.3) is 0 Å². The van der Waals surface area contributed by atoms with Gasteiger partial charge in [-0.3, -0.25) is 4.79 Å². The van der Waals surface area contributed by atoms with Gasteiger partial charge in [0.2, 0.25) is 5.91 Å². The molecule has 0 bridgehead atoms. The zero-order valence-electron chi connectivity index (χ0n) is 9.34. The molecule has 0 aromatic rings. The van der Waals surface area contributed by atoms with Gasteiger partial charge in [0, 0.05) is 17.8 Å². The van der Waals surface area contributed by atoms with E-state index in [1.165, 1.54) is 19.3 Å². The zero-order valence-corrected chi connectivity index (χ0v) is 10.2. The maximum Gasteiger partial charge on any atom is 0.234 e. The van der Waals surface area contributed by atoms with Crippen molar-refractivity contribution in [3.63, 3.8) is 0 Å². The molecular weight excluding hydrogens is 208 g/mol. The summed E-state index contributed by atoms with van der Waals surface area (Å²) in [5.74, 6) is 0.0807. The van der Waals surface area contributed by atoms with Gasteiger partial charge in [-0.25, -0.2) is 0 Å². The van der Waals surface area contributed by atoms with Crippen molar-refractivity contribution in [1.82, 2.24) is 10.6 Å². The fourth-order valence-electron chi connectivity index (χ4n) is 1.63. The highest BCUT2D eigenvalue weighted by Gasteiger charge is 2.36. The number of carbonyl (C=O) groups excluding carboxylic acids is 1. The van der Waals surface area contributed by atoms with Crippen LogP contribution in [0, 0.1) is 0 Å². The number of nitrogens with one attached hydrogen (secondary N) is 2. The molecule has 2 N–H and O–H groups in total. The third-order valence-corrected chi connectivity index (χ3v) is 4.30. The van der Waals surface area contributed by atoms with Crippen molar-refractivity contribution in [2.45, 2.75) is 24.0 Å². The number of thioether (sulfide) groups is 1. The second kappa shape index (κ2) is 6.18. The van der Waals surface area contributed by atoms with E-state index in [4.69, 9.17) is 0 Å². The largest absolute Gasteiger partial charge is 0.354 e. The van der Waals surface area contributed by atoms with Crippen molar-refractivity contribution in [2.24, 2.45) is 0 Å². The average Bonchev–Trinajstić information content (AvgIpc) is 2.17. The molecule has 0 aromatic carbocycles. The van der Waals surface area contributed by atoms with Gasteiger partial charge in [-0.05, 0) is 19.1 Å². The summed E-state index contributed by atoms with van der Waals surface area (Å²) >= 11 is 1.88. The molecule has 0 spiro atoms. The van der Waals surface area contributed by atoms with Crippen LogP contribution in [-0.2, 0) is 4.79 Å². The zero-order chi connectivity index (χ0) is 11.1. The van der Waals surface area contributed by atoms with Gasteiger partial charge in [-0.15, -0.1) is 6.58 Å². The monoisotopic (exact) mass is 228 g/mol. The number of carbonyl (C=O) groups is 1. The van der Waals surface area contributed by atoms with E-state index >= 15 is 0 Å². The van der Waals surface area contributed by atoms with Crippen LogP contribution in [0.4, 0.5) is 0 Å². The normalized spacial score (nSPS) is 17.9. The van der Waals surface area contributed by atoms with Crippen molar-refractivity contribution < 1.29 is 4.79 Å². The van der Waals surface area contributed by atoms with Gasteiger partial charge in [-0.1, -0.05) is 12.5 Å². The fraction of sp³-hybridized carbons (Fsp3) is 0.727. The van der Waals surface area contributed by atoms with Crippen molar-refractivity contribution >= 4 is 17.7 Å². The van der Waals surface area contributed by atoms with E-state index in [0.717, 1.165) is 6.54 Å². The molecule has 15 heavy (non-hydrogen) atoms. The van der Waals surface area contributed by atoms with E-state index in [9.17, 15) is 4.79 Å². The lowest BCUT2D eigenvalue weighted by molar-refractivity contribution is -0.120. The van der Waals surface area contributed by atoms with Crippen molar-refractivity contribution in [2.75, 3.05) is 25.9 Å². The van der Waals surface area contributed by atoms with Gasteiger partial charge in [0.1, 0.15) is 0 Å². The molecule has 3 nitrogen and oxygen atoms in total. The molecule has 0 heterocycles. The van der Waals surface area contributed by atoms with Gasteiger partial charge in [-0.2, -0.15) is 11.8 Å². The summed E-state index contributed by atoms with van der Waals surface area (Å²) in [4.78, 5) is 11.4. The molecule has 0 unspecified atom stereocenters. The average molecular weight is 228 g/mol. The Balaban J connectivity index is 2.12. The Hall–Kier alpha value is -0.480. The molecule has 0 aliphatic heterocycles. The molecule has 4 heteroatoms. The third-order valence-electron chi connectivity index (χ3n) is 2.88. The summed E-state index contributed by atoms with van der Waals surface area (Å²) < 4.78 is 0.327. The molecule has 1 aliphatic carbocycles. The predicted octanol–water partition coefficient (Wildman–Crippen LogP) is 1.16. The van der Waals surface area contributed by atoms with E-state index in [0.29, 0.717) is 17.8 Å². The topological polar surface area (TPSA) is 41.1 Å². The molecule has 0 radical (unpaired) electrons. The first-order valence-electron chi connectivity index (χ1n) is 5.36. The van der Waals surface area contributed by atoms with Crippen molar-refractivity contribution in [3.05, 3.63) is 12.7 Å². The minimum atomic E-state index is 0.0807. The van der Waals surface area contributed by atoms with Crippen LogP contribution in [-0.4, -0.2) is 36.5 Å². The van der Waals surface area contributed by atoms with Crippen LogP contribution in [0.5, 0.6) is 0 Å². The standard InChI is InChI=1S/C11H20N2OS/c1-3-7-12-8-10(14)13-9-11(15-2)5-4-6-11/h3,12H,1,4-9H2,2H3,(H,13,14). The Morgan fingerprint density at radius 1 is 1.60 bits per heavy atom. The summed E-state index contributed by atoms with van der Waals surface area (Å²) in [6.07, 6.45) is 7.64. The lowest BCUT2D eigenvalue weighted by Crippen LogP contribution is -2.47. The smallest absolute Gasteiger partial charge is 0.234 e. The van der Waals surface area contributed by atoms with E-state index in [2.05, 4.69) is 23.5 Å². The Bertz CT molecular complexity index is 221. The SMILES string of the molecule is C=CCNCC(=O)NCC1(SC)CCC1. The molecule has 0 saturated heterocycles. The number of amides is 1. The highest BCUT2D eigenvalue weighted by molar-refractivity contribution is 8.00. The molecule has 0 atom stereocenters. The van der Waals surface area contributed by atoms with Gasteiger partial charge in [0.15, 0.2) is 0 Å². The maximum absolute atomic E-state index is 11.4. The molecule has 1 fully saturated rings. The summed E-state index contributed by atoms with van der Waals surface area (Å²) in [6, 6.07) is 0. The van der Waals surface area contributed by atoms with Crippen molar-refractivity contribution in [3.8, 4) is 0 Å². The first-order chi connectivity index (χ1) is 7.22. The molecule has 1 rings (SSSR count). The summed E-state index contributed by atoms with van der Waals surface area (Å²) in [7, 11) is 0. The predicted molar refractivity (Wildman–Crippen MR) is 66.2 cm³/mol. The van der Waals surface area contributed by atoms with E-state index in [-0.39, 0.29) is 5.91 Å². The number of rotatable bonds is 7. The number of hydrogen-bond donors (Lipinski definition) is 2. The van der Waals surface area contributed by atoms with Crippen LogP contribution in [0.2, 0.25) is 0 Å². The minimum absolute atomic E-state index is 0.0807. The van der Waals surface area contributed by atoms with Crippen LogP contribution in [0.3, 0.4) is 0 Å². The quantitative estimate of drug-likeness (QED) is 0.507. The minimum Gasteiger partial charge on any atom is -0.354 e. The van der Waals surface area contributed by atoms with Gasteiger partial charge >= 0.3 is 0 Å². The molecule has 86 valence electrons. The van der Waals surface area contributed by atoms with Crippen molar-refractivity contribution in [1.29, 1.82) is 0 Å². The molecule has 1 saturated carbocycles. The lowest BCUT2D eigenvalue weighted by atomic mass is 9.84. The second-order valence-corrected chi connectivity index (χ2v) is 5.21. The first kappa shape index (κ1) is 12.6. The third kappa shape index (κ3) is 3.87. The Labute approximate surface area is 96.1 Å². The Morgan fingerprint density at radius 2 is 2.33 bits per heavy atom. The summed E-state index contributed by atoms with van der Waals surface area (Å²) in [5.41, 5.74) is 0.